The van der Waals surface area contributed by atoms with Gasteiger partial charge in [0.2, 0.25) is 0 Å². The first-order chi connectivity index (χ1) is 10.0. The summed E-state index contributed by atoms with van der Waals surface area (Å²) in [6, 6.07) is 9.44. The lowest BCUT2D eigenvalue weighted by Crippen LogP contribution is -1.99. The monoisotopic (exact) mass is 312 g/mol. The number of hydrogen-bond acceptors (Lipinski definition) is 0. The number of benzene rings is 2. The summed E-state index contributed by atoms with van der Waals surface area (Å²) < 4.78 is 39.4. The molecular weight excluding hydrogens is 297 g/mol. The molecule has 112 valence electrons. The number of rotatable bonds is 5. The highest BCUT2D eigenvalue weighted by Gasteiger charge is 2.17. The minimum Gasteiger partial charge on any atom is -0.204 e. The molecule has 0 aliphatic heterocycles. The summed E-state index contributed by atoms with van der Waals surface area (Å²) in [5.74, 6) is -3.93. The average Bonchev–Trinajstić information content (AvgIpc) is 2.50. The van der Waals surface area contributed by atoms with Crippen molar-refractivity contribution >= 4 is 11.6 Å². The highest BCUT2D eigenvalue weighted by atomic mass is 35.5. The number of unbranched alkanes of at least 4 members (excludes halogenated alkanes) is 1. The van der Waals surface area contributed by atoms with Crippen LogP contribution in [0.2, 0.25) is 0 Å². The molecule has 0 aromatic heterocycles. The van der Waals surface area contributed by atoms with E-state index in [-0.39, 0.29) is 5.56 Å². The predicted octanol–water partition coefficient (Wildman–Crippen LogP) is 5.77. The first kappa shape index (κ1) is 15.9. The van der Waals surface area contributed by atoms with Crippen LogP contribution in [0.5, 0.6) is 0 Å². The Bertz CT molecular complexity index is 585. The molecular formula is C17H16ClF3. The van der Waals surface area contributed by atoms with Gasteiger partial charge >= 0.3 is 0 Å². The second-order valence-electron chi connectivity index (χ2n) is 5.01. The van der Waals surface area contributed by atoms with Crippen molar-refractivity contribution < 1.29 is 13.2 Å². The Balaban J connectivity index is 2.21. The van der Waals surface area contributed by atoms with Crippen LogP contribution in [0.25, 0.3) is 0 Å². The summed E-state index contributed by atoms with van der Waals surface area (Å²) >= 11 is 6.23. The molecule has 1 atom stereocenters. The van der Waals surface area contributed by atoms with Gasteiger partial charge in [-0.25, -0.2) is 13.2 Å². The molecule has 0 heterocycles. The van der Waals surface area contributed by atoms with E-state index in [1.165, 1.54) is 5.56 Å². The van der Waals surface area contributed by atoms with Gasteiger partial charge in [-0.15, -0.1) is 11.6 Å². The van der Waals surface area contributed by atoms with E-state index < -0.39 is 22.8 Å². The molecule has 0 saturated carbocycles. The normalized spacial score (nSPS) is 12.4. The molecule has 0 N–H and O–H groups in total. The van der Waals surface area contributed by atoms with Gasteiger partial charge in [-0.2, -0.15) is 0 Å². The zero-order chi connectivity index (χ0) is 15.4. The molecule has 0 spiro atoms. The smallest absolute Gasteiger partial charge is 0.194 e. The van der Waals surface area contributed by atoms with E-state index in [4.69, 9.17) is 11.6 Å². The molecule has 2 rings (SSSR count). The number of alkyl halides is 1. The molecule has 4 heteroatoms. The van der Waals surface area contributed by atoms with Crippen molar-refractivity contribution in [3.8, 4) is 0 Å². The third kappa shape index (κ3) is 3.79. The maximum absolute atomic E-state index is 13.2. The number of aryl methyl sites for hydroxylation is 1. The topological polar surface area (TPSA) is 0 Å². The van der Waals surface area contributed by atoms with Crippen molar-refractivity contribution in [2.75, 3.05) is 0 Å². The van der Waals surface area contributed by atoms with Gasteiger partial charge in [-0.1, -0.05) is 37.6 Å². The van der Waals surface area contributed by atoms with Gasteiger partial charge in [0, 0.05) is 0 Å². The largest absolute Gasteiger partial charge is 0.204 e. The SMILES string of the molecule is CCCCc1ccc(C(Cl)c2cc(F)c(F)c(F)c2)cc1. The summed E-state index contributed by atoms with van der Waals surface area (Å²) in [4.78, 5) is 0. The molecule has 0 fully saturated rings. The average molecular weight is 313 g/mol. The van der Waals surface area contributed by atoms with Crippen LogP contribution in [0.1, 0.15) is 41.8 Å². The van der Waals surface area contributed by atoms with Crippen LogP contribution in [0.4, 0.5) is 13.2 Å². The van der Waals surface area contributed by atoms with Gasteiger partial charge in [-0.3, -0.25) is 0 Å². The minimum absolute atomic E-state index is 0.203. The molecule has 0 aliphatic rings. The fourth-order valence-corrected chi connectivity index (χ4v) is 2.42. The first-order valence-electron chi connectivity index (χ1n) is 6.90. The Kier molecular flexibility index (Phi) is 5.29. The van der Waals surface area contributed by atoms with E-state index >= 15 is 0 Å². The van der Waals surface area contributed by atoms with Crippen LogP contribution in [0.15, 0.2) is 36.4 Å². The number of hydrogen-bond donors (Lipinski definition) is 0. The van der Waals surface area contributed by atoms with Crippen molar-refractivity contribution in [3.05, 3.63) is 70.5 Å². The Morgan fingerprint density at radius 1 is 0.952 bits per heavy atom. The maximum Gasteiger partial charge on any atom is 0.194 e. The minimum atomic E-state index is -1.47. The summed E-state index contributed by atoms with van der Waals surface area (Å²) in [6.07, 6.45) is 3.22. The van der Waals surface area contributed by atoms with E-state index in [1.807, 2.05) is 24.3 Å². The lowest BCUT2D eigenvalue weighted by atomic mass is 10.0. The molecule has 0 radical (unpaired) electrons. The van der Waals surface area contributed by atoms with Gasteiger partial charge in [0.1, 0.15) is 0 Å². The molecule has 0 saturated heterocycles. The van der Waals surface area contributed by atoms with E-state index in [0.717, 1.165) is 37.0 Å². The molecule has 0 bridgehead atoms. The molecule has 2 aromatic rings. The van der Waals surface area contributed by atoms with Crippen LogP contribution >= 0.6 is 11.6 Å². The summed E-state index contributed by atoms with van der Waals surface area (Å²) in [5, 5.41) is -0.713. The Hall–Kier alpha value is -1.48. The molecule has 2 aromatic carbocycles. The van der Waals surface area contributed by atoms with Crippen molar-refractivity contribution in [1.29, 1.82) is 0 Å². The quantitative estimate of drug-likeness (QED) is 0.485. The van der Waals surface area contributed by atoms with E-state index in [9.17, 15) is 13.2 Å². The van der Waals surface area contributed by atoms with Gasteiger partial charge in [0.05, 0.1) is 5.38 Å². The molecule has 0 nitrogen and oxygen atoms in total. The van der Waals surface area contributed by atoms with Crippen LogP contribution in [-0.4, -0.2) is 0 Å². The molecule has 21 heavy (non-hydrogen) atoms. The number of halogens is 4. The zero-order valence-corrected chi connectivity index (χ0v) is 12.4. The Morgan fingerprint density at radius 2 is 1.52 bits per heavy atom. The van der Waals surface area contributed by atoms with Crippen LogP contribution in [0.3, 0.4) is 0 Å². The van der Waals surface area contributed by atoms with Crippen molar-refractivity contribution in [2.24, 2.45) is 0 Å². The Labute approximate surface area is 127 Å². The fraction of sp³-hybridized carbons (Fsp3) is 0.294. The lowest BCUT2D eigenvalue weighted by Gasteiger charge is -2.12. The van der Waals surface area contributed by atoms with Crippen molar-refractivity contribution in [1.82, 2.24) is 0 Å². The van der Waals surface area contributed by atoms with Gasteiger partial charge in [-0.05, 0) is 41.7 Å². The molecule has 0 aliphatic carbocycles. The summed E-state index contributed by atoms with van der Waals surface area (Å²) in [6.45, 7) is 2.13. The van der Waals surface area contributed by atoms with E-state index in [2.05, 4.69) is 6.92 Å². The lowest BCUT2D eigenvalue weighted by molar-refractivity contribution is 0.445. The maximum atomic E-state index is 13.2. The highest BCUT2D eigenvalue weighted by Crippen LogP contribution is 2.30. The predicted molar refractivity (Wildman–Crippen MR) is 79.1 cm³/mol. The highest BCUT2D eigenvalue weighted by molar-refractivity contribution is 6.22. The first-order valence-corrected chi connectivity index (χ1v) is 7.34. The molecule has 1 unspecified atom stereocenters. The second kappa shape index (κ2) is 6.99. The van der Waals surface area contributed by atoms with Crippen LogP contribution in [-0.2, 0) is 6.42 Å². The van der Waals surface area contributed by atoms with Gasteiger partial charge < -0.3 is 0 Å². The van der Waals surface area contributed by atoms with Crippen molar-refractivity contribution in [2.45, 2.75) is 31.6 Å². The third-order valence-electron chi connectivity index (χ3n) is 3.39. The van der Waals surface area contributed by atoms with E-state index in [0.29, 0.717) is 0 Å². The fourth-order valence-electron chi connectivity index (χ4n) is 2.15. The van der Waals surface area contributed by atoms with E-state index in [1.54, 1.807) is 0 Å². The zero-order valence-electron chi connectivity index (χ0n) is 11.7. The second-order valence-corrected chi connectivity index (χ2v) is 5.44. The third-order valence-corrected chi connectivity index (χ3v) is 3.89. The van der Waals surface area contributed by atoms with Crippen LogP contribution < -0.4 is 0 Å². The van der Waals surface area contributed by atoms with Crippen LogP contribution in [0, 0.1) is 17.5 Å². The van der Waals surface area contributed by atoms with Gasteiger partial charge in [0.25, 0.3) is 0 Å². The molecule has 0 amide bonds. The Morgan fingerprint density at radius 3 is 2.05 bits per heavy atom. The standard InChI is InChI=1S/C17H16ClF3/c1-2-3-4-11-5-7-12(8-6-11)16(18)13-9-14(19)17(21)15(20)10-13/h5-10,16H,2-4H2,1H3. The summed E-state index contributed by atoms with van der Waals surface area (Å²) in [5.41, 5.74) is 2.12. The van der Waals surface area contributed by atoms with Crippen molar-refractivity contribution in [3.63, 3.8) is 0 Å². The van der Waals surface area contributed by atoms with Gasteiger partial charge in [0.15, 0.2) is 17.5 Å². The summed E-state index contributed by atoms with van der Waals surface area (Å²) in [7, 11) is 0.